The second-order valence-corrected chi connectivity index (χ2v) is 4.21. The summed E-state index contributed by atoms with van der Waals surface area (Å²) in [6.07, 6.45) is -1.84. The first-order valence-corrected chi connectivity index (χ1v) is 4.84. The van der Waals surface area contributed by atoms with Gasteiger partial charge in [0.05, 0.1) is 6.61 Å². The third-order valence-corrected chi connectivity index (χ3v) is 3.32. The van der Waals surface area contributed by atoms with Gasteiger partial charge in [-0.1, -0.05) is 19.3 Å². The van der Waals surface area contributed by atoms with Crippen molar-refractivity contribution in [1.82, 2.24) is 0 Å². The van der Waals surface area contributed by atoms with Gasteiger partial charge in [0.25, 0.3) is 0 Å². The lowest BCUT2D eigenvalue weighted by Crippen LogP contribution is -2.55. The fraction of sp³-hybridized carbons (Fsp3) is 1.00. The molecule has 14 heavy (non-hydrogen) atoms. The van der Waals surface area contributed by atoms with Crippen LogP contribution in [-0.2, 0) is 4.74 Å². The molecule has 0 bridgehead atoms. The molecular weight excluding hydrogens is 197 g/mol. The zero-order valence-electron chi connectivity index (χ0n) is 7.73. The summed E-state index contributed by atoms with van der Waals surface area (Å²) in [4.78, 5) is 0. The summed E-state index contributed by atoms with van der Waals surface area (Å²) < 4.78 is 42.4. The molecule has 2 aliphatic rings. The summed E-state index contributed by atoms with van der Waals surface area (Å²) in [5, 5.41) is 9.95. The molecule has 0 radical (unpaired) electrons. The molecule has 0 amide bonds. The minimum absolute atomic E-state index is 0.201. The van der Waals surface area contributed by atoms with Crippen LogP contribution >= 0.6 is 0 Å². The van der Waals surface area contributed by atoms with Crippen molar-refractivity contribution in [3.63, 3.8) is 0 Å². The number of ether oxygens (including phenoxy) is 1. The zero-order chi connectivity index (χ0) is 10.4. The average molecular weight is 210 g/mol. The van der Waals surface area contributed by atoms with Gasteiger partial charge in [-0.3, -0.25) is 0 Å². The van der Waals surface area contributed by atoms with Crippen LogP contribution in [0.1, 0.15) is 32.1 Å². The monoisotopic (exact) mass is 210 g/mol. The van der Waals surface area contributed by atoms with E-state index in [9.17, 15) is 18.3 Å². The van der Waals surface area contributed by atoms with Crippen molar-refractivity contribution in [2.45, 2.75) is 49.5 Å². The topological polar surface area (TPSA) is 32.8 Å². The molecule has 82 valence electrons. The first-order chi connectivity index (χ1) is 6.41. The van der Waals surface area contributed by atoms with E-state index < -0.39 is 17.4 Å². The Kier molecular flexibility index (Phi) is 2.09. The Labute approximate surface area is 80.1 Å². The molecule has 1 N–H and O–H groups in total. The number of halogens is 3. The first-order valence-electron chi connectivity index (χ1n) is 4.84. The fourth-order valence-corrected chi connectivity index (χ4v) is 2.31. The van der Waals surface area contributed by atoms with Crippen molar-refractivity contribution in [3.8, 4) is 0 Å². The minimum atomic E-state index is -4.45. The second kappa shape index (κ2) is 2.85. The summed E-state index contributed by atoms with van der Waals surface area (Å²) in [7, 11) is 0. The standard InChI is InChI=1S/C9H13F3O2/c10-9(11,12)8(6-14-8)7(13)4-2-1-3-5-7/h13H,1-6H2. The van der Waals surface area contributed by atoms with Crippen LogP contribution in [-0.4, -0.2) is 29.1 Å². The van der Waals surface area contributed by atoms with Gasteiger partial charge in [-0.25, -0.2) is 0 Å². The van der Waals surface area contributed by atoms with Gasteiger partial charge in [-0.2, -0.15) is 13.2 Å². The number of hydrogen-bond donors (Lipinski definition) is 1. The van der Waals surface area contributed by atoms with Crippen LogP contribution in [0.5, 0.6) is 0 Å². The van der Waals surface area contributed by atoms with E-state index in [-0.39, 0.29) is 19.4 Å². The quantitative estimate of drug-likeness (QED) is 0.671. The van der Waals surface area contributed by atoms with Crippen molar-refractivity contribution in [1.29, 1.82) is 0 Å². The predicted molar refractivity (Wildman–Crippen MR) is 42.8 cm³/mol. The largest absolute Gasteiger partial charge is 0.422 e. The van der Waals surface area contributed by atoms with E-state index in [0.29, 0.717) is 12.8 Å². The molecule has 0 aromatic rings. The Balaban J connectivity index is 2.20. The van der Waals surface area contributed by atoms with Crippen LogP contribution in [0.2, 0.25) is 0 Å². The number of aliphatic hydroxyl groups is 1. The molecule has 2 nitrogen and oxygen atoms in total. The van der Waals surface area contributed by atoms with Gasteiger partial charge in [0.2, 0.25) is 5.60 Å². The molecule has 1 atom stereocenters. The Morgan fingerprint density at radius 2 is 1.57 bits per heavy atom. The molecule has 1 saturated heterocycles. The maximum absolute atomic E-state index is 12.6. The number of hydrogen-bond acceptors (Lipinski definition) is 2. The number of rotatable bonds is 1. The van der Waals surface area contributed by atoms with Crippen molar-refractivity contribution in [3.05, 3.63) is 0 Å². The molecule has 1 aliphatic carbocycles. The summed E-state index contributed by atoms with van der Waals surface area (Å²) >= 11 is 0. The van der Waals surface area contributed by atoms with Crippen LogP contribution in [0.3, 0.4) is 0 Å². The van der Waals surface area contributed by atoms with E-state index >= 15 is 0 Å². The van der Waals surface area contributed by atoms with Gasteiger partial charge in [-0.15, -0.1) is 0 Å². The molecule has 0 aromatic carbocycles. The van der Waals surface area contributed by atoms with Crippen molar-refractivity contribution in [2.24, 2.45) is 0 Å². The van der Waals surface area contributed by atoms with Crippen molar-refractivity contribution >= 4 is 0 Å². The van der Waals surface area contributed by atoms with Crippen LogP contribution in [0.15, 0.2) is 0 Å². The fourth-order valence-electron chi connectivity index (χ4n) is 2.31. The van der Waals surface area contributed by atoms with Crippen LogP contribution in [0.25, 0.3) is 0 Å². The van der Waals surface area contributed by atoms with E-state index in [0.717, 1.165) is 6.42 Å². The van der Waals surface area contributed by atoms with Gasteiger partial charge in [0.1, 0.15) is 5.60 Å². The number of alkyl halides is 3. The van der Waals surface area contributed by atoms with E-state index in [1.807, 2.05) is 0 Å². The molecule has 1 aliphatic heterocycles. The molecule has 0 spiro atoms. The van der Waals surface area contributed by atoms with Crippen LogP contribution in [0, 0.1) is 0 Å². The lowest BCUT2D eigenvalue weighted by Gasteiger charge is -2.38. The maximum atomic E-state index is 12.6. The summed E-state index contributed by atoms with van der Waals surface area (Å²) in [5.41, 5.74) is -3.93. The molecule has 1 saturated carbocycles. The van der Waals surface area contributed by atoms with E-state index in [4.69, 9.17) is 0 Å². The van der Waals surface area contributed by atoms with Crippen molar-refractivity contribution in [2.75, 3.05) is 6.61 Å². The SMILES string of the molecule is OC1(C2(C(F)(F)F)CO2)CCCCC1. The second-order valence-electron chi connectivity index (χ2n) is 4.21. The van der Waals surface area contributed by atoms with Gasteiger partial charge in [0.15, 0.2) is 0 Å². The Morgan fingerprint density at radius 3 is 1.93 bits per heavy atom. The Morgan fingerprint density at radius 1 is 1.07 bits per heavy atom. The smallest absolute Gasteiger partial charge is 0.386 e. The number of epoxide rings is 1. The third kappa shape index (κ3) is 1.26. The van der Waals surface area contributed by atoms with Gasteiger partial charge in [-0.05, 0) is 12.8 Å². The summed E-state index contributed by atoms with van der Waals surface area (Å²) in [5.74, 6) is 0. The third-order valence-electron chi connectivity index (χ3n) is 3.32. The average Bonchev–Trinajstić information content (AvgIpc) is 2.83. The molecule has 2 rings (SSSR count). The molecular formula is C9H13F3O2. The molecule has 1 unspecified atom stereocenters. The van der Waals surface area contributed by atoms with Crippen LogP contribution in [0.4, 0.5) is 13.2 Å². The highest BCUT2D eigenvalue weighted by atomic mass is 19.4. The highest BCUT2D eigenvalue weighted by Gasteiger charge is 2.75. The molecule has 2 fully saturated rings. The Hall–Kier alpha value is -0.290. The van der Waals surface area contributed by atoms with Gasteiger partial charge >= 0.3 is 6.18 Å². The van der Waals surface area contributed by atoms with E-state index in [1.54, 1.807) is 0 Å². The zero-order valence-corrected chi connectivity index (χ0v) is 7.73. The van der Waals surface area contributed by atoms with E-state index in [2.05, 4.69) is 4.74 Å². The predicted octanol–water partition coefficient (Wildman–Crippen LogP) is 2.01. The lowest BCUT2D eigenvalue weighted by atomic mass is 9.75. The minimum Gasteiger partial charge on any atom is -0.386 e. The van der Waals surface area contributed by atoms with Crippen molar-refractivity contribution < 1.29 is 23.0 Å². The van der Waals surface area contributed by atoms with Gasteiger partial charge < -0.3 is 9.84 Å². The first kappa shape index (κ1) is 10.2. The summed E-state index contributed by atoms with van der Waals surface area (Å²) in [6.45, 7) is -0.382. The lowest BCUT2D eigenvalue weighted by molar-refractivity contribution is -0.242. The highest BCUT2D eigenvalue weighted by molar-refractivity contribution is 5.14. The molecule has 1 heterocycles. The Bertz CT molecular complexity index is 227. The molecule has 5 heteroatoms. The van der Waals surface area contributed by atoms with Gasteiger partial charge in [0, 0.05) is 0 Å². The molecule has 0 aromatic heterocycles. The maximum Gasteiger partial charge on any atom is 0.422 e. The normalized spacial score (nSPS) is 36.9. The van der Waals surface area contributed by atoms with E-state index in [1.165, 1.54) is 0 Å². The summed E-state index contributed by atoms with van der Waals surface area (Å²) in [6, 6.07) is 0. The highest BCUT2D eigenvalue weighted by Crippen LogP contribution is 2.55. The van der Waals surface area contributed by atoms with Crippen LogP contribution < -0.4 is 0 Å².